The molecule has 5 nitrogen and oxygen atoms in total. The van der Waals surface area contributed by atoms with Crippen LogP contribution in [0.3, 0.4) is 0 Å². The second kappa shape index (κ2) is 7.47. The van der Waals surface area contributed by atoms with E-state index in [0.29, 0.717) is 0 Å². The normalized spacial score (nSPS) is 22.1. The summed E-state index contributed by atoms with van der Waals surface area (Å²) in [5.74, 6) is -0.506. The summed E-state index contributed by atoms with van der Waals surface area (Å²) >= 11 is 0. The number of hydrogen-bond acceptors (Lipinski definition) is 4. The Kier molecular flexibility index (Phi) is 5.13. The largest absolute Gasteiger partial charge is 0.394 e. The Bertz CT molecular complexity index is 785. The van der Waals surface area contributed by atoms with Gasteiger partial charge < -0.3 is 14.7 Å². The van der Waals surface area contributed by atoms with Crippen LogP contribution in [-0.2, 0) is 9.53 Å². The van der Waals surface area contributed by atoms with Gasteiger partial charge in [0.15, 0.2) is 0 Å². The molecule has 0 aromatic heterocycles. The predicted molar refractivity (Wildman–Crippen MR) is 93.6 cm³/mol. The Labute approximate surface area is 147 Å². The Hall–Kier alpha value is -2.68. The van der Waals surface area contributed by atoms with Crippen LogP contribution in [0.4, 0.5) is 0 Å². The fourth-order valence-corrected chi connectivity index (χ4v) is 3.59. The standard InChI is InChI=1S/C20H20N2O3/c1-25-13-19(24)22-17(11-21)20(18(22)12-23)16-10-6-5-9-15(16)14-7-3-2-4-8-14/h2-10,17-18,20,23H,12-13H2,1H3/t17-,18-,20-/m0/s1. The number of carbonyl (C=O) groups excluding carboxylic acids is 1. The van der Waals surface area contributed by atoms with Crippen LogP contribution in [-0.4, -0.2) is 48.3 Å². The molecule has 1 aliphatic rings. The van der Waals surface area contributed by atoms with E-state index in [9.17, 15) is 15.2 Å². The van der Waals surface area contributed by atoms with E-state index >= 15 is 0 Å². The lowest BCUT2D eigenvalue weighted by Crippen LogP contribution is -2.66. The molecule has 1 amide bonds. The molecule has 1 saturated heterocycles. The van der Waals surface area contributed by atoms with Crippen molar-refractivity contribution in [3.63, 3.8) is 0 Å². The first-order chi connectivity index (χ1) is 12.2. The van der Waals surface area contributed by atoms with Gasteiger partial charge in [-0.2, -0.15) is 5.26 Å². The molecule has 1 N–H and O–H groups in total. The minimum Gasteiger partial charge on any atom is -0.394 e. The topological polar surface area (TPSA) is 73.6 Å². The third kappa shape index (κ3) is 3.02. The van der Waals surface area contributed by atoms with Crippen molar-refractivity contribution in [3.05, 3.63) is 60.2 Å². The summed E-state index contributed by atoms with van der Waals surface area (Å²) in [5, 5.41) is 19.4. The first-order valence-corrected chi connectivity index (χ1v) is 8.17. The number of likely N-dealkylation sites (tertiary alicyclic amines) is 1. The molecule has 0 spiro atoms. The average Bonchev–Trinajstić information content (AvgIpc) is 2.63. The lowest BCUT2D eigenvalue weighted by Gasteiger charge is -2.52. The molecule has 0 radical (unpaired) electrons. The molecule has 3 rings (SSSR count). The molecular weight excluding hydrogens is 316 g/mol. The van der Waals surface area contributed by atoms with E-state index in [1.165, 1.54) is 12.0 Å². The Morgan fingerprint density at radius 2 is 1.88 bits per heavy atom. The van der Waals surface area contributed by atoms with Crippen LogP contribution in [0.2, 0.25) is 0 Å². The van der Waals surface area contributed by atoms with Gasteiger partial charge in [-0.15, -0.1) is 0 Å². The molecule has 1 fully saturated rings. The van der Waals surface area contributed by atoms with Gasteiger partial charge in [0, 0.05) is 13.0 Å². The summed E-state index contributed by atoms with van der Waals surface area (Å²) in [7, 11) is 1.44. The van der Waals surface area contributed by atoms with E-state index < -0.39 is 12.1 Å². The molecule has 2 aromatic rings. The highest BCUT2D eigenvalue weighted by Crippen LogP contribution is 2.43. The fourth-order valence-electron chi connectivity index (χ4n) is 3.59. The number of rotatable bonds is 5. The number of methoxy groups -OCH3 is 1. The van der Waals surface area contributed by atoms with Crippen molar-refractivity contribution in [1.82, 2.24) is 4.90 Å². The average molecular weight is 336 g/mol. The van der Waals surface area contributed by atoms with Gasteiger partial charge in [-0.25, -0.2) is 0 Å². The molecule has 0 saturated carbocycles. The third-order valence-corrected chi connectivity index (χ3v) is 4.69. The van der Waals surface area contributed by atoms with Gasteiger partial charge in [0.1, 0.15) is 12.6 Å². The number of aliphatic hydroxyl groups is 1. The van der Waals surface area contributed by atoms with Gasteiger partial charge in [0.25, 0.3) is 0 Å². The van der Waals surface area contributed by atoms with E-state index in [1.54, 1.807) is 0 Å². The van der Waals surface area contributed by atoms with Crippen LogP contribution in [0.15, 0.2) is 54.6 Å². The molecular formula is C20H20N2O3. The van der Waals surface area contributed by atoms with Gasteiger partial charge in [0.05, 0.1) is 18.7 Å². The SMILES string of the molecule is COCC(=O)N1[C@@H](C#N)[C@H](c2ccccc2-c2ccccc2)[C@@H]1CO. The molecule has 128 valence electrons. The zero-order valence-electron chi connectivity index (χ0n) is 14.0. The van der Waals surface area contributed by atoms with Gasteiger partial charge in [-0.1, -0.05) is 54.6 Å². The zero-order valence-corrected chi connectivity index (χ0v) is 14.0. The van der Waals surface area contributed by atoms with Gasteiger partial charge in [-0.3, -0.25) is 4.79 Å². The molecule has 25 heavy (non-hydrogen) atoms. The van der Waals surface area contributed by atoms with Crippen molar-refractivity contribution in [2.75, 3.05) is 20.3 Å². The molecule has 1 aliphatic heterocycles. The zero-order chi connectivity index (χ0) is 17.8. The summed E-state index contributed by atoms with van der Waals surface area (Å²) in [6.45, 7) is -0.289. The number of ether oxygens (including phenoxy) is 1. The van der Waals surface area contributed by atoms with E-state index in [4.69, 9.17) is 4.74 Å². The number of amides is 1. The molecule has 5 heteroatoms. The van der Waals surface area contributed by atoms with Crippen molar-refractivity contribution in [3.8, 4) is 17.2 Å². The number of nitriles is 1. The van der Waals surface area contributed by atoms with Crippen LogP contribution in [0.1, 0.15) is 11.5 Å². The van der Waals surface area contributed by atoms with Gasteiger partial charge in [-0.05, 0) is 16.7 Å². The maximum atomic E-state index is 12.2. The maximum absolute atomic E-state index is 12.2. The van der Waals surface area contributed by atoms with Crippen molar-refractivity contribution in [2.24, 2.45) is 0 Å². The third-order valence-electron chi connectivity index (χ3n) is 4.69. The van der Waals surface area contributed by atoms with E-state index in [0.717, 1.165) is 16.7 Å². The summed E-state index contributed by atoms with van der Waals surface area (Å²) < 4.78 is 4.90. The van der Waals surface area contributed by atoms with Crippen LogP contribution in [0, 0.1) is 11.3 Å². The fraction of sp³-hybridized carbons (Fsp3) is 0.300. The Morgan fingerprint density at radius 3 is 2.52 bits per heavy atom. The number of nitrogens with zero attached hydrogens (tertiary/aromatic N) is 2. The van der Waals surface area contributed by atoms with Crippen molar-refractivity contribution >= 4 is 5.91 Å². The quantitative estimate of drug-likeness (QED) is 0.908. The molecule has 0 bridgehead atoms. The van der Waals surface area contributed by atoms with Crippen LogP contribution < -0.4 is 0 Å². The minimum atomic E-state index is -0.607. The van der Waals surface area contributed by atoms with Crippen molar-refractivity contribution in [1.29, 1.82) is 5.26 Å². The molecule has 1 heterocycles. The van der Waals surface area contributed by atoms with Crippen LogP contribution in [0.25, 0.3) is 11.1 Å². The van der Waals surface area contributed by atoms with Crippen LogP contribution >= 0.6 is 0 Å². The number of aliphatic hydroxyl groups excluding tert-OH is 1. The number of benzene rings is 2. The highest BCUT2D eigenvalue weighted by molar-refractivity contribution is 5.81. The van der Waals surface area contributed by atoms with Gasteiger partial charge >= 0.3 is 0 Å². The smallest absolute Gasteiger partial charge is 0.249 e. The van der Waals surface area contributed by atoms with Crippen molar-refractivity contribution < 1.29 is 14.6 Å². The predicted octanol–water partition coefficient (Wildman–Crippen LogP) is 2.18. The monoisotopic (exact) mass is 336 g/mol. The molecule has 3 atom stereocenters. The summed E-state index contributed by atoms with van der Waals surface area (Å²) in [4.78, 5) is 13.7. The summed E-state index contributed by atoms with van der Waals surface area (Å²) in [6, 6.07) is 19.0. The van der Waals surface area contributed by atoms with E-state index in [1.807, 2.05) is 54.6 Å². The first-order valence-electron chi connectivity index (χ1n) is 8.17. The summed E-state index contributed by atoms with van der Waals surface area (Å²) in [6.07, 6.45) is 0. The summed E-state index contributed by atoms with van der Waals surface area (Å²) in [5.41, 5.74) is 3.04. The van der Waals surface area contributed by atoms with Crippen molar-refractivity contribution in [2.45, 2.75) is 18.0 Å². The lowest BCUT2D eigenvalue weighted by atomic mass is 9.73. The van der Waals surface area contributed by atoms with E-state index in [2.05, 4.69) is 6.07 Å². The highest BCUT2D eigenvalue weighted by atomic mass is 16.5. The van der Waals surface area contributed by atoms with E-state index in [-0.39, 0.29) is 25.0 Å². The molecule has 0 unspecified atom stereocenters. The molecule has 0 aliphatic carbocycles. The second-order valence-electron chi connectivity index (χ2n) is 6.04. The highest BCUT2D eigenvalue weighted by Gasteiger charge is 2.52. The number of carbonyl (C=O) groups is 1. The van der Waals surface area contributed by atoms with Gasteiger partial charge in [0.2, 0.25) is 5.91 Å². The second-order valence-corrected chi connectivity index (χ2v) is 6.04. The number of hydrogen-bond donors (Lipinski definition) is 1. The minimum absolute atomic E-state index is 0.0955. The molecule has 2 aromatic carbocycles. The van der Waals surface area contributed by atoms with Crippen LogP contribution in [0.5, 0.6) is 0 Å². The first kappa shape index (κ1) is 17.2. The Balaban J connectivity index is 2.00. The Morgan fingerprint density at radius 1 is 1.20 bits per heavy atom. The maximum Gasteiger partial charge on any atom is 0.249 e. The lowest BCUT2D eigenvalue weighted by molar-refractivity contribution is -0.150.